The average Bonchev–Trinajstić information content (AvgIpc) is 2.80. The molecule has 0 aliphatic rings. The van der Waals surface area contributed by atoms with Crippen LogP contribution in [0.3, 0.4) is 0 Å². The zero-order valence-electron chi connectivity index (χ0n) is 18.3. The third-order valence-corrected chi connectivity index (χ3v) is 5.48. The molecule has 162 valence electrons. The lowest BCUT2D eigenvalue weighted by Crippen LogP contribution is -2.14. The molecule has 1 heterocycles. The van der Waals surface area contributed by atoms with Gasteiger partial charge in [0.15, 0.2) is 12.4 Å². The van der Waals surface area contributed by atoms with Gasteiger partial charge < -0.3 is 13.9 Å². The zero-order valence-corrected chi connectivity index (χ0v) is 18.3. The summed E-state index contributed by atoms with van der Waals surface area (Å²) in [5.74, 6) is 1.06. The normalized spacial score (nSPS) is 10.8. The van der Waals surface area contributed by atoms with E-state index < -0.39 is 0 Å². The number of carbonyl (C=O) groups is 1. The smallest absolute Gasteiger partial charge is 0.340 e. The Balaban J connectivity index is 1.68. The minimum absolute atomic E-state index is 0.128. The highest BCUT2D eigenvalue weighted by Gasteiger charge is 2.17. The molecule has 0 bridgehead atoms. The van der Waals surface area contributed by atoms with Gasteiger partial charge in [0.05, 0.1) is 12.5 Å². The molecule has 4 rings (SSSR count). The summed E-state index contributed by atoms with van der Waals surface area (Å²) in [6, 6.07) is 20.3. The molecule has 0 N–H and O–H groups in total. The maximum absolute atomic E-state index is 12.7. The predicted molar refractivity (Wildman–Crippen MR) is 124 cm³/mol. The molecule has 0 aliphatic heterocycles. The van der Waals surface area contributed by atoms with Crippen molar-refractivity contribution in [2.75, 3.05) is 13.7 Å². The number of ketones is 1. The van der Waals surface area contributed by atoms with Crippen LogP contribution in [0.1, 0.15) is 32.6 Å². The van der Waals surface area contributed by atoms with Gasteiger partial charge >= 0.3 is 5.63 Å². The van der Waals surface area contributed by atoms with Crippen molar-refractivity contribution in [3.05, 3.63) is 105 Å². The summed E-state index contributed by atoms with van der Waals surface area (Å²) in [7, 11) is 1.58. The Bertz CT molecular complexity index is 1320. The van der Waals surface area contributed by atoms with Crippen molar-refractivity contribution >= 4 is 16.8 Å². The van der Waals surface area contributed by atoms with E-state index in [0.29, 0.717) is 40.0 Å². The first-order valence-corrected chi connectivity index (χ1v) is 10.4. The number of aryl methyl sites for hydroxylation is 2. The quantitative estimate of drug-likeness (QED) is 0.296. The third kappa shape index (κ3) is 4.42. The second kappa shape index (κ2) is 9.10. The van der Waals surface area contributed by atoms with Crippen LogP contribution in [-0.2, 0) is 6.42 Å². The Kier molecular flexibility index (Phi) is 6.08. The van der Waals surface area contributed by atoms with Gasteiger partial charge in [-0.1, -0.05) is 30.3 Å². The van der Waals surface area contributed by atoms with Crippen molar-refractivity contribution in [2.45, 2.75) is 20.3 Å². The number of methoxy groups -OCH3 is 1. The molecule has 0 aliphatic carbocycles. The number of benzene rings is 3. The minimum atomic E-state index is -0.357. The topological polar surface area (TPSA) is 65.7 Å². The Hall–Kier alpha value is -3.86. The molecule has 5 heteroatoms. The molecule has 0 radical (unpaired) electrons. The van der Waals surface area contributed by atoms with Gasteiger partial charge in [-0.3, -0.25) is 4.79 Å². The van der Waals surface area contributed by atoms with Gasteiger partial charge in [-0.25, -0.2) is 4.79 Å². The summed E-state index contributed by atoms with van der Waals surface area (Å²) in [5.41, 5.74) is 3.91. The summed E-state index contributed by atoms with van der Waals surface area (Å²) in [5, 5.41) is 0.712. The number of hydrogen-bond donors (Lipinski definition) is 0. The highest BCUT2D eigenvalue weighted by atomic mass is 16.5. The van der Waals surface area contributed by atoms with Crippen LogP contribution in [0.15, 0.2) is 75.9 Å². The van der Waals surface area contributed by atoms with Gasteiger partial charge in [-0.2, -0.15) is 0 Å². The van der Waals surface area contributed by atoms with Crippen molar-refractivity contribution in [1.82, 2.24) is 0 Å². The maximum Gasteiger partial charge on any atom is 0.340 e. The van der Waals surface area contributed by atoms with Crippen LogP contribution in [0.2, 0.25) is 0 Å². The molecule has 0 spiro atoms. The van der Waals surface area contributed by atoms with Crippen molar-refractivity contribution < 1.29 is 18.7 Å². The fourth-order valence-electron chi connectivity index (χ4n) is 3.76. The Morgan fingerprint density at radius 2 is 1.69 bits per heavy atom. The van der Waals surface area contributed by atoms with Crippen molar-refractivity contribution in [1.29, 1.82) is 0 Å². The van der Waals surface area contributed by atoms with Crippen molar-refractivity contribution in [3.8, 4) is 11.5 Å². The molecule has 0 saturated carbocycles. The number of rotatable bonds is 7. The first-order valence-electron chi connectivity index (χ1n) is 10.4. The summed E-state index contributed by atoms with van der Waals surface area (Å²) < 4.78 is 16.7. The minimum Gasteiger partial charge on any atom is -0.497 e. The van der Waals surface area contributed by atoms with Crippen LogP contribution in [0.5, 0.6) is 11.5 Å². The zero-order chi connectivity index (χ0) is 22.7. The number of hydrogen-bond acceptors (Lipinski definition) is 5. The number of ether oxygens (including phenoxy) is 2. The standard InChI is InChI=1S/C27H24O5/c1-17-13-24(31-16-23(28)20-9-11-21(30-3)12-10-20)26-18(2)22(27(29)32-25(26)14-17)15-19-7-5-4-6-8-19/h4-14H,15-16H2,1-3H3. The first kappa shape index (κ1) is 21.4. The number of Topliss-reactive ketones (excluding diaryl/α,β-unsaturated/α-hetero) is 1. The molecule has 4 aromatic rings. The molecule has 1 aromatic heterocycles. The second-order valence-corrected chi connectivity index (χ2v) is 7.73. The van der Waals surface area contributed by atoms with Crippen molar-refractivity contribution in [2.24, 2.45) is 0 Å². The van der Waals surface area contributed by atoms with E-state index in [2.05, 4.69) is 0 Å². The maximum atomic E-state index is 12.7. The van der Waals surface area contributed by atoms with Crippen LogP contribution >= 0.6 is 0 Å². The van der Waals surface area contributed by atoms with Gasteiger partial charge in [0.1, 0.15) is 17.1 Å². The molecule has 5 nitrogen and oxygen atoms in total. The molecular weight excluding hydrogens is 404 g/mol. The van der Waals surface area contributed by atoms with E-state index in [0.717, 1.165) is 16.7 Å². The number of fused-ring (bicyclic) bond motifs is 1. The lowest BCUT2D eigenvalue weighted by molar-refractivity contribution is 0.0922. The van der Waals surface area contributed by atoms with Crippen molar-refractivity contribution in [3.63, 3.8) is 0 Å². The summed E-state index contributed by atoms with van der Waals surface area (Å²) in [6.45, 7) is 3.66. The van der Waals surface area contributed by atoms with Gasteiger partial charge in [-0.15, -0.1) is 0 Å². The SMILES string of the molecule is COc1ccc(C(=O)COc2cc(C)cc3oc(=O)c(Cc4ccccc4)c(C)c23)cc1. The van der Waals surface area contributed by atoms with Crippen LogP contribution in [0.4, 0.5) is 0 Å². The van der Waals surface area contributed by atoms with E-state index in [1.807, 2.05) is 56.3 Å². The largest absolute Gasteiger partial charge is 0.497 e. The highest BCUT2D eigenvalue weighted by Crippen LogP contribution is 2.32. The Labute approximate surface area is 186 Å². The Morgan fingerprint density at radius 3 is 2.38 bits per heavy atom. The fourth-order valence-corrected chi connectivity index (χ4v) is 3.76. The molecule has 32 heavy (non-hydrogen) atoms. The summed E-state index contributed by atoms with van der Waals surface area (Å²) in [4.78, 5) is 25.4. The van der Waals surface area contributed by atoms with Crippen LogP contribution in [-0.4, -0.2) is 19.5 Å². The molecule has 0 saturated heterocycles. The molecule has 0 unspecified atom stereocenters. The third-order valence-electron chi connectivity index (χ3n) is 5.48. The van der Waals surface area contributed by atoms with E-state index >= 15 is 0 Å². The average molecular weight is 428 g/mol. The number of carbonyl (C=O) groups excluding carboxylic acids is 1. The first-order chi connectivity index (χ1) is 15.5. The van der Waals surface area contributed by atoms with Gasteiger partial charge in [0, 0.05) is 17.5 Å². The van der Waals surface area contributed by atoms with E-state index in [4.69, 9.17) is 13.9 Å². The van der Waals surface area contributed by atoms with E-state index in [1.165, 1.54) is 0 Å². The van der Waals surface area contributed by atoms with E-state index in [9.17, 15) is 9.59 Å². The van der Waals surface area contributed by atoms with E-state index in [1.54, 1.807) is 31.4 Å². The second-order valence-electron chi connectivity index (χ2n) is 7.73. The summed E-state index contributed by atoms with van der Waals surface area (Å²) >= 11 is 0. The van der Waals surface area contributed by atoms with Crippen LogP contribution in [0, 0.1) is 13.8 Å². The van der Waals surface area contributed by atoms with Gasteiger partial charge in [0.25, 0.3) is 0 Å². The lowest BCUT2D eigenvalue weighted by Gasteiger charge is -2.14. The molecule has 0 amide bonds. The molecule has 3 aromatic carbocycles. The molecular formula is C27H24O5. The fraction of sp³-hybridized carbons (Fsp3) is 0.185. The predicted octanol–water partition coefficient (Wildman–Crippen LogP) is 5.27. The Morgan fingerprint density at radius 1 is 0.969 bits per heavy atom. The van der Waals surface area contributed by atoms with Crippen LogP contribution in [0.25, 0.3) is 11.0 Å². The van der Waals surface area contributed by atoms with E-state index in [-0.39, 0.29) is 18.0 Å². The van der Waals surface area contributed by atoms with Crippen LogP contribution < -0.4 is 15.1 Å². The highest BCUT2D eigenvalue weighted by molar-refractivity contribution is 5.97. The molecule has 0 atom stereocenters. The monoisotopic (exact) mass is 428 g/mol. The lowest BCUT2D eigenvalue weighted by atomic mass is 9.98. The van der Waals surface area contributed by atoms with Gasteiger partial charge in [-0.05, 0) is 66.9 Å². The van der Waals surface area contributed by atoms with Gasteiger partial charge in [0.2, 0.25) is 0 Å². The molecule has 0 fully saturated rings. The summed E-state index contributed by atoms with van der Waals surface area (Å²) in [6.07, 6.45) is 0.461.